The quantitative estimate of drug-likeness (QED) is 0.853. The number of allylic oxidation sites excluding steroid dienone is 1. The molecule has 0 saturated heterocycles. The molecule has 0 radical (unpaired) electrons. The van der Waals surface area contributed by atoms with E-state index >= 15 is 0 Å². The van der Waals surface area contributed by atoms with Gasteiger partial charge in [0.2, 0.25) is 5.91 Å². The zero-order valence-corrected chi connectivity index (χ0v) is 13.3. The Kier molecular flexibility index (Phi) is 5.48. The van der Waals surface area contributed by atoms with E-state index in [1.54, 1.807) is 12.3 Å². The van der Waals surface area contributed by atoms with Crippen LogP contribution in [0.3, 0.4) is 0 Å². The van der Waals surface area contributed by atoms with Crippen LogP contribution in [-0.2, 0) is 11.3 Å². The zero-order valence-electron chi connectivity index (χ0n) is 13.3. The molecule has 0 aliphatic carbocycles. The Bertz CT molecular complexity index is 643. The molecule has 3 heteroatoms. The fourth-order valence-electron chi connectivity index (χ4n) is 2.20. The van der Waals surface area contributed by atoms with Crippen LogP contribution in [0.1, 0.15) is 30.7 Å². The van der Waals surface area contributed by atoms with E-state index in [2.05, 4.69) is 55.3 Å². The number of nitrogens with one attached hydrogen (secondary N) is 1. The van der Waals surface area contributed by atoms with Gasteiger partial charge in [0.15, 0.2) is 0 Å². The maximum Gasteiger partial charge on any atom is 0.244 e. The fourth-order valence-corrected chi connectivity index (χ4v) is 2.20. The Morgan fingerprint density at radius 1 is 1.18 bits per heavy atom. The molecule has 0 bridgehead atoms. The predicted molar refractivity (Wildman–Crippen MR) is 90.1 cm³/mol. The van der Waals surface area contributed by atoms with Crippen LogP contribution in [0.25, 0.3) is 5.57 Å². The Balaban J connectivity index is 2.09. The van der Waals surface area contributed by atoms with E-state index in [0.29, 0.717) is 6.54 Å². The van der Waals surface area contributed by atoms with Crippen LogP contribution in [0, 0.1) is 12.8 Å². The van der Waals surface area contributed by atoms with Crippen LogP contribution >= 0.6 is 0 Å². The highest BCUT2D eigenvalue weighted by atomic mass is 16.1. The van der Waals surface area contributed by atoms with Gasteiger partial charge in [0.25, 0.3) is 0 Å². The van der Waals surface area contributed by atoms with Gasteiger partial charge in [-0.25, -0.2) is 0 Å². The Labute approximate surface area is 132 Å². The van der Waals surface area contributed by atoms with Crippen molar-refractivity contribution in [3.05, 3.63) is 71.6 Å². The number of amides is 1. The number of carbonyl (C=O) groups is 1. The van der Waals surface area contributed by atoms with Gasteiger partial charge in [-0.05, 0) is 36.1 Å². The first-order chi connectivity index (χ1) is 10.6. The number of hydrogen-bond donors (Lipinski definition) is 1. The molecule has 1 amide bonds. The summed E-state index contributed by atoms with van der Waals surface area (Å²) in [7, 11) is 0. The molecule has 22 heavy (non-hydrogen) atoms. The summed E-state index contributed by atoms with van der Waals surface area (Å²) in [4.78, 5) is 16.4. The number of nitrogens with zero attached hydrogens (tertiary/aromatic N) is 1. The summed E-state index contributed by atoms with van der Waals surface area (Å²) in [5.74, 6) is 0.193. The number of benzene rings is 1. The lowest BCUT2D eigenvalue weighted by Crippen LogP contribution is -2.21. The van der Waals surface area contributed by atoms with Crippen LogP contribution in [0.4, 0.5) is 0 Å². The van der Waals surface area contributed by atoms with E-state index in [1.807, 2.05) is 18.2 Å². The average molecular weight is 294 g/mol. The van der Waals surface area contributed by atoms with Crippen molar-refractivity contribution in [1.29, 1.82) is 0 Å². The molecule has 2 rings (SSSR count). The first kappa shape index (κ1) is 16.0. The highest BCUT2D eigenvalue weighted by molar-refractivity contribution is 5.95. The minimum absolute atomic E-state index is 0.0880. The lowest BCUT2D eigenvalue weighted by atomic mass is 9.94. The van der Waals surface area contributed by atoms with Gasteiger partial charge < -0.3 is 5.32 Å². The first-order valence-electron chi connectivity index (χ1n) is 7.52. The van der Waals surface area contributed by atoms with Crippen molar-refractivity contribution in [2.75, 3.05) is 0 Å². The molecular weight excluding hydrogens is 272 g/mol. The molecule has 1 aromatic heterocycles. The molecule has 0 aliphatic rings. The van der Waals surface area contributed by atoms with Crippen LogP contribution < -0.4 is 5.32 Å². The van der Waals surface area contributed by atoms with Gasteiger partial charge in [-0.1, -0.05) is 49.7 Å². The summed E-state index contributed by atoms with van der Waals surface area (Å²) in [5.41, 5.74) is 4.20. The molecule has 0 fully saturated rings. The smallest absolute Gasteiger partial charge is 0.244 e. The summed E-state index contributed by atoms with van der Waals surface area (Å²) in [6, 6.07) is 13.9. The van der Waals surface area contributed by atoms with Crippen LogP contribution in [0.2, 0.25) is 0 Å². The van der Waals surface area contributed by atoms with Crippen molar-refractivity contribution in [2.45, 2.75) is 27.3 Å². The molecule has 1 N–H and O–H groups in total. The van der Waals surface area contributed by atoms with Gasteiger partial charge in [0.1, 0.15) is 0 Å². The van der Waals surface area contributed by atoms with Gasteiger partial charge in [-0.15, -0.1) is 0 Å². The van der Waals surface area contributed by atoms with E-state index in [4.69, 9.17) is 0 Å². The van der Waals surface area contributed by atoms with E-state index < -0.39 is 0 Å². The Hall–Kier alpha value is -2.42. The molecule has 1 heterocycles. The third-order valence-corrected chi connectivity index (χ3v) is 3.46. The summed E-state index contributed by atoms with van der Waals surface area (Å²) in [6.45, 7) is 6.69. The van der Waals surface area contributed by atoms with Crippen molar-refractivity contribution < 1.29 is 4.79 Å². The number of rotatable bonds is 5. The molecule has 114 valence electrons. The van der Waals surface area contributed by atoms with Crippen molar-refractivity contribution in [1.82, 2.24) is 10.3 Å². The lowest BCUT2D eigenvalue weighted by molar-refractivity contribution is -0.116. The van der Waals surface area contributed by atoms with E-state index in [-0.39, 0.29) is 11.8 Å². The van der Waals surface area contributed by atoms with Crippen molar-refractivity contribution in [2.24, 2.45) is 5.92 Å². The van der Waals surface area contributed by atoms with Crippen molar-refractivity contribution in [3.63, 3.8) is 0 Å². The normalized spacial score (nSPS) is 11.5. The minimum Gasteiger partial charge on any atom is -0.347 e. The maximum atomic E-state index is 12.2. The van der Waals surface area contributed by atoms with Crippen LogP contribution in [-0.4, -0.2) is 10.9 Å². The molecular formula is C19H22N2O. The second-order valence-electron chi connectivity index (χ2n) is 5.66. The standard InChI is InChI=1S/C19H22N2O/c1-14(2)18(16-9-7-15(3)8-10-16)12-19(22)21-13-17-6-4-5-11-20-17/h4-12,14H,13H2,1-3H3,(H,21,22)/b18-12+. The summed E-state index contributed by atoms with van der Waals surface area (Å²) in [6.07, 6.45) is 3.42. The summed E-state index contributed by atoms with van der Waals surface area (Å²) < 4.78 is 0. The zero-order chi connectivity index (χ0) is 15.9. The predicted octanol–water partition coefficient (Wildman–Crippen LogP) is 3.75. The minimum atomic E-state index is -0.0880. The molecule has 0 atom stereocenters. The van der Waals surface area contributed by atoms with Crippen molar-refractivity contribution >= 4 is 11.5 Å². The molecule has 3 nitrogen and oxygen atoms in total. The maximum absolute atomic E-state index is 12.2. The highest BCUT2D eigenvalue weighted by Gasteiger charge is 2.09. The number of aromatic nitrogens is 1. The SMILES string of the molecule is Cc1ccc(/C(=C/C(=O)NCc2ccccn2)C(C)C)cc1. The third kappa shape index (κ3) is 4.55. The largest absolute Gasteiger partial charge is 0.347 e. The Morgan fingerprint density at radius 3 is 2.50 bits per heavy atom. The first-order valence-corrected chi connectivity index (χ1v) is 7.52. The summed E-state index contributed by atoms with van der Waals surface area (Å²) in [5, 5.41) is 2.89. The number of aryl methyl sites for hydroxylation is 1. The molecule has 0 saturated carbocycles. The topological polar surface area (TPSA) is 42.0 Å². The molecule has 0 spiro atoms. The van der Waals surface area contributed by atoms with Crippen LogP contribution in [0.15, 0.2) is 54.7 Å². The molecule has 1 aromatic carbocycles. The summed E-state index contributed by atoms with van der Waals surface area (Å²) >= 11 is 0. The second kappa shape index (κ2) is 7.55. The van der Waals surface area contributed by atoms with Gasteiger partial charge in [-0.3, -0.25) is 9.78 Å². The number of pyridine rings is 1. The molecule has 0 aliphatic heterocycles. The number of carbonyl (C=O) groups excluding carboxylic acids is 1. The Morgan fingerprint density at radius 2 is 1.91 bits per heavy atom. The highest BCUT2D eigenvalue weighted by Crippen LogP contribution is 2.23. The average Bonchev–Trinajstić information content (AvgIpc) is 2.52. The van der Waals surface area contributed by atoms with Crippen LogP contribution in [0.5, 0.6) is 0 Å². The van der Waals surface area contributed by atoms with Gasteiger partial charge in [0.05, 0.1) is 12.2 Å². The number of hydrogen-bond acceptors (Lipinski definition) is 2. The molecule has 0 unspecified atom stereocenters. The van der Waals surface area contributed by atoms with E-state index in [0.717, 1.165) is 16.8 Å². The molecule has 2 aromatic rings. The van der Waals surface area contributed by atoms with E-state index in [1.165, 1.54) is 5.56 Å². The monoisotopic (exact) mass is 294 g/mol. The van der Waals surface area contributed by atoms with Gasteiger partial charge in [0, 0.05) is 12.3 Å². The van der Waals surface area contributed by atoms with Gasteiger partial charge in [-0.2, -0.15) is 0 Å². The van der Waals surface area contributed by atoms with E-state index in [9.17, 15) is 4.79 Å². The lowest BCUT2D eigenvalue weighted by Gasteiger charge is -2.12. The third-order valence-electron chi connectivity index (χ3n) is 3.46. The van der Waals surface area contributed by atoms with Gasteiger partial charge >= 0.3 is 0 Å². The van der Waals surface area contributed by atoms with Crippen molar-refractivity contribution in [3.8, 4) is 0 Å². The fraction of sp³-hybridized carbons (Fsp3) is 0.263. The second-order valence-corrected chi connectivity index (χ2v) is 5.66.